The second-order valence-corrected chi connectivity index (χ2v) is 2.85. The molecule has 2 nitrogen and oxygen atoms in total. The predicted octanol–water partition coefficient (Wildman–Crippen LogP) is 2.45. The Labute approximate surface area is 76.8 Å². The Morgan fingerprint density at radius 3 is 2.62 bits per heavy atom. The summed E-state index contributed by atoms with van der Waals surface area (Å²) in [6.45, 7) is 5.37. The molecule has 0 fully saturated rings. The van der Waals surface area contributed by atoms with Gasteiger partial charge in [0.2, 0.25) is 0 Å². The maximum Gasteiger partial charge on any atom is 0.144 e. The Morgan fingerprint density at radius 2 is 2.15 bits per heavy atom. The van der Waals surface area contributed by atoms with Crippen molar-refractivity contribution in [1.29, 1.82) is 0 Å². The number of anilines is 1. The molecule has 0 aliphatic heterocycles. The lowest BCUT2D eigenvalue weighted by molar-refractivity contribution is 0.413. The van der Waals surface area contributed by atoms with Gasteiger partial charge in [0.05, 0.1) is 12.8 Å². The summed E-state index contributed by atoms with van der Waals surface area (Å²) < 4.78 is 18.1. The van der Waals surface area contributed by atoms with Crippen LogP contribution < -0.4 is 10.5 Å². The van der Waals surface area contributed by atoms with E-state index < -0.39 is 0 Å². The van der Waals surface area contributed by atoms with Crippen molar-refractivity contribution in [3.05, 3.63) is 30.1 Å². The highest BCUT2D eigenvalue weighted by atomic mass is 19.1. The highest BCUT2D eigenvalue weighted by molar-refractivity contribution is 5.68. The second-order valence-electron chi connectivity index (χ2n) is 2.85. The Bertz CT molecular complexity index is 347. The van der Waals surface area contributed by atoms with Gasteiger partial charge in [-0.2, -0.15) is 0 Å². The van der Waals surface area contributed by atoms with E-state index in [0.29, 0.717) is 22.6 Å². The fraction of sp³-hybridized carbons (Fsp3) is 0.200. The lowest BCUT2D eigenvalue weighted by atomic mass is 10.1. The Kier molecular flexibility index (Phi) is 2.56. The topological polar surface area (TPSA) is 35.2 Å². The molecule has 70 valence electrons. The Hall–Kier alpha value is -1.51. The molecule has 1 rings (SSSR count). The maximum atomic E-state index is 13.3. The molecule has 0 spiro atoms. The molecule has 1 aromatic rings. The van der Waals surface area contributed by atoms with Crippen molar-refractivity contribution in [2.24, 2.45) is 0 Å². The Balaban J connectivity index is 3.28. The van der Waals surface area contributed by atoms with Crippen LogP contribution in [0.2, 0.25) is 0 Å². The lowest BCUT2D eigenvalue weighted by Gasteiger charge is -2.08. The minimum Gasteiger partial charge on any atom is -0.494 e. The second kappa shape index (κ2) is 3.47. The molecule has 0 radical (unpaired) electrons. The highest BCUT2D eigenvalue weighted by Gasteiger charge is 2.08. The van der Waals surface area contributed by atoms with Crippen molar-refractivity contribution < 1.29 is 9.13 Å². The monoisotopic (exact) mass is 181 g/mol. The largest absolute Gasteiger partial charge is 0.494 e. The van der Waals surface area contributed by atoms with Crippen LogP contribution >= 0.6 is 0 Å². The third kappa shape index (κ3) is 1.80. The molecule has 0 aliphatic carbocycles. The van der Waals surface area contributed by atoms with Gasteiger partial charge in [0.25, 0.3) is 0 Å². The van der Waals surface area contributed by atoms with E-state index in [0.717, 1.165) is 0 Å². The molecule has 0 saturated carbocycles. The van der Waals surface area contributed by atoms with Crippen molar-refractivity contribution in [3.63, 3.8) is 0 Å². The third-order valence-corrected chi connectivity index (χ3v) is 1.78. The molecule has 0 saturated heterocycles. The molecule has 3 heteroatoms. The lowest BCUT2D eigenvalue weighted by Crippen LogP contribution is -1.96. The van der Waals surface area contributed by atoms with Gasteiger partial charge in [0.15, 0.2) is 0 Å². The molecule has 0 atom stereocenters. The van der Waals surface area contributed by atoms with Gasteiger partial charge < -0.3 is 10.5 Å². The molecule has 13 heavy (non-hydrogen) atoms. The molecule has 2 N–H and O–H groups in total. The summed E-state index contributed by atoms with van der Waals surface area (Å²) in [7, 11) is 1.45. The fourth-order valence-electron chi connectivity index (χ4n) is 1.08. The van der Waals surface area contributed by atoms with E-state index >= 15 is 0 Å². The first-order chi connectivity index (χ1) is 6.06. The van der Waals surface area contributed by atoms with Gasteiger partial charge >= 0.3 is 0 Å². The molecule has 0 heterocycles. The maximum absolute atomic E-state index is 13.3. The van der Waals surface area contributed by atoms with Crippen LogP contribution in [-0.4, -0.2) is 7.11 Å². The minimum atomic E-state index is -0.362. The van der Waals surface area contributed by atoms with E-state index in [9.17, 15) is 4.39 Å². The fourth-order valence-corrected chi connectivity index (χ4v) is 1.08. The summed E-state index contributed by atoms with van der Waals surface area (Å²) in [5.41, 5.74) is 7.10. The summed E-state index contributed by atoms with van der Waals surface area (Å²) in [5.74, 6) is -0.0129. The third-order valence-electron chi connectivity index (χ3n) is 1.78. The van der Waals surface area contributed by atoms with E-state index in [1.165, 1.54) is 19.2 Å². The highest BCUT2D eigenvalue weighted by Crippen LogP contribution is 2.27. The van der Waals surface area contributed by atoms with Crippen LogP contribution in [0.15, 0.2) is 18.7 Å². The van der Waals surface area contributed by atoms with Crippen molar-refractivity contribution in [1.82, 2.24) is 0 Å². The molecule has 1 aromatic carbocycles. The number of ether oxygens (including phenoxy) is 1. The molecule has 0 bridgehead atoms. The van der Waals surface area contributed by atoms with Gasteiger partial charge in [-0.25, -0.2) is 4.39 Å². The van der Waals surface area contributed by atoms with Crippen molar-refractivity contribution >= 4 is 11.3 Å². The summed E-state index contributed by atoms with van der Waals surface area (Å²) in [6.07, 6.45) is 0. The van der Waals surface area contributed by atoms with E-state index in [2.05, 4.69) is 6.58 Å². The number of methoxy groups -OCH3 is 1. The molecule has 0 aliphatic rings. The molecular formula is C10H12FNO. The van der Waals surface area contributed by atoms with E-state index in [-0.39, 0.29) is 5.82 Å². The normalized spacial score (nSPS) is 9.77. The summed E-state index contributed by atoms with van der Waals surface area (Å²) in [4.78, 5) is 0. The predicted molar refractivity (Wildman–Crippen MR) is 52.1 cm³/mol. The average molecular weight is 181 g/mol. The Morgan fingerprint density at radius 1 is 1.54 bits per heavy atom. The quantitative estimate of drug-likeness (QED) is 0.711. The zero-order valence-electron chi connectivity index (χ0n) is 7.73. The zero-order chi connectivity index (χ0) is 10.0. The number of hydrogen-bond acceptors (Lipinski definition) is 2. The smallest absolute Gasteiger partial charge is 0.144 e. The minimum absolute atomic E-state index is 0.350. The number of rotatable bonds is 2. The van der Waals surface area contributed by atoms with Crippen LogP contribution in [0.25, 0.3) is 5.57 Å². The van der Waals surface area contributed by atoms with Crippen LogP contribution in [0.1, 0.15) is 12.5 Å². The number of nitrogen functional groups attached to an aromatic ring is 1. The number of nitrogens with two attached hydrogens (primary N) is 1. The van der Waals surface area contributed by atoms with Crippen LogP contribution in [0.3, 0.4) is 0 Å². The van der Waals surface area contributed by atoms with E-state index in [4.69, 9.17) is 10.5 Å². The van der Waals surface area contributed by atoms with Crippen LogP contribution in [0, 0.1) is 5.82 Å². The van der Waals surface area contributed by atoms with Gasteiger partial charge in [0, 0.05) is 11.6 Å². The molecule has 0 unspecified atom stereocenters. The molecule has 0 amide bonds. The average Bonchev–Trinajstić information content (AvgIpc) is 2.07. The first kappa shape index (κ1) is 9.58. The van der Waals surface area contributed by atoms with Crippen LogP contribution in [-0.2, 0) is 0 Å². The standard InChI is InChI=1S/C10H12FNO/c1-6(2)7-4-9(12)10(13-3)5-8(7)11/h4-5H,1,12H2,2-3H3. The number of halogens is 1. The summed E-state index contributed by atoms with van der Waals surface area (Å²) in [6, 6.07) is 2.79. The summed E-state index contributed by atoms with van der Waals surface area (Å²) in [5, 5.41) is 0. The molecular weight excluding hydrogens is 169 g/mol. The first-order valence-electron chi connectivity index (χ1n) is 3.85. The molecule has 0 aromatic heterocycles. The number of benzene rings is 1. The van der Waals surface area contributed by atoms with Gasteiger partial charge in [-0.05, 0) is 18.6 Å². The van der Waals surface area contributed by atoms with Crippen molar-refractivity contribution in [2.45, 2.75) is 6.92 Å². The van der Waals surface area contributed by atoms with Crippen LogP contribution in [0.5, 0.6) is 5.75 Å². The van der Waals surface area contributed by atoms with Gasteiger partial charge in [0.1, 0.15) is 11.6 Å². The number of hydrogen-bond donors (Lipinski definition) is 1. The van der Waals surface area contributed by atoms with Gasteiger partial charge in [-0.3, -0.25) is 0 Å². The van der Waals surface area contributed by atoms with Gasteiger partial charge in [-0.15, -0.1) is 0 Å². The SMILES string of the molecule is C=C(C)c1cc(N)c(OC)cc1F. The number of allylic oxidation sites excluding steroid dienone is 1. The zero-order valence-corrected chi connectivity index (χ0v) is 7.73. The van der Waals surface area contributed by atoms with Crippen LogP contribution in [0.4, 0.5) is 10.1 Å². The van der Waals surface area contributed by atoms with Crippen molar-refractivity contribution in [2.75, 3.05) is 12.8 Å². The van der Waals surface area contributed by atoms with E-state index in [1.54, 1.807) is 6.92 Å². The first-order valence-corrected chi connectivity index (χ1v) is 3.85. The summed E-state index contributed by atoms with van der Waals surface area (Å²) >= 11 is 0. The van der Waals surface area contributed by atoms with E-state index in [1.807, 2.05) is 0 Å². The van der Waals surface area contributed by atoms with Crippen molar-refractivity contribution in [3.8, 4) is 5.75 Å². The van der Waals surface area contributed by atoms with Gasteiger partial charge in [-0.1, -0.05) is 6.58 Å².